The third-order valence-electron chi connectivity index (χ3n) is 3.90. The molecule has 0 bridgehead atoms. The average Bonchev–Trinajstić information content (AvgIpc) is 3.01. The van der Waals surface area contributed by atoms with Gasteiger partial charge in [0.2, 0.25) is 5.91 Å². The maximum atomic E-state index is 12.9. The normalized spacial score (nSPS) is 29.7. The van der Waals surface area contributed by atoms with E-state index in [2.05, 4.69) is 0 Å². The van der Waals surface area contributed by atoms with Gasteiger partial charge in [0.15, 0.2) is 6.23 Å². The van der Waals surface area contributed by atoms with Gasteiger partial charge in [-0.3, -0.25) is 9.18 Å². The molecule has 3 atom stereocenters. The van der Waals surface area contributed by atoms with Gasteiger partial charge in [-0.25, -0.2) is 0 Å². The number of ether oxygens (including phenoxy) is 2. The molecule has 5 heteroatoms. The van der Waals surface area contributed by atoms with Gasteiger partial charge in [0.05, 0.1) is 26.4 Å². The Morgan fingerprint density at radius 1 is 1.42 bits per heavy atom. The Hall–Kier alpha value is -1.62. The van der Waals surface area contributed by atoms with Gasteiger partial charge in [-0.1, -0.05) is 12.1 Å². The molecule has 0 aliphatic carbocycles. The highest BCUT2D eigenvalue weighted by Crippen LogP contribution is 2.40. The lowest BCUT2D eigenvalue weighted by Crippen LogP contribution is -2.33. The van der Waals surface area contributed by atoms with Crippen LogP contribution in [0, 0.1) is 5.92 Å². The molecule has 0 radical (unpaired) electrons. The summed E-state index contributed by atoms with van der Waals surface area (Å²) < 4.78 is 23.7. The van der Waals surface area contributed by atoms with E-state index in [4.69, 9.17) is 9.47 Å². The zero-order valence-corrected chi connectivity index (χ0v) is 10.7. The van der Waals surface area contributed by atoms with Crippen molar-refractivity contribution >= 4 is 5.91 Å². The summed E-state index contributed by atoms with van der Waals surface area (Å²) >= 11 is 0. The van der Waals surface area contributed by atoms with Crippen molar-refractivity contribution in [2.24, 2.45) is 5.92 Å². The summed E-state index contributed by atoms with van der Waals surface area (Å²) in [4.78, 5) is 13.7. The molecular formula is C14H16FNO3. The van der Waals surface area contributed by atoms with Gasteiger partial charge in [-0.2, -0.15) is 0 Å². The van der Waals surface area contributed by atoms with Crippen molar-refractivity contribution < 1.29 is 18.7 Å². The van der Waals surface area contributed by atoms with Crippen LogP contribution in [-0.4, -0.2) is 37.2 Å². The van der Waals surface area contributed by atoms with Gasteiger partial charge in [0, 0.05) is 17.9 Å². The number of carbonyl (C=O) groups excluding carboxylic acids is 1. The van der Waals surface area contributed by atoms with Crippen LogP contribution < -0.4 is 4.74 Å². The Kier molecular flexibility index (Phi) is 3.14. The molecule has 2 aliphatic heterocycles. The van der Waals surface area contributed by atoms with E-state index < -0.39 is 6.67 Å². The van der Waals surface area contributed by atoms with Gasteiger partial charge >= 0.3 is 0 Å². The van der Waals surface area contributed by atoms with Crippen LogP contribution in [0.15, 0.2) is 24.3 Å². The number of amides is 1. The highest BCUT2D eigenvalue weighted by Gasteiger charge is 2.48. The highest BCUT2D eigenvalue weighted by atomic mass is 19.1. The number of rotatable bonds is 3. The zero-order chi connectivity index (χ0) is 13.4. The van der Waals surface area contributed by atoms with Gasteiger partial charge < -0.3 is 14.4 Å². The van der Waals surface area contributed by atoms with E-state index in [1.807, 2.05) is 24.3 Å². The second-order valence-corrected chi connectivity index (χ2v) is 4.95. The van der Waals surface area contributed by atoms with E-state index in [9.17, 15) is 9.18 Å². The Balaban J connectivity index is 1.84. The summed E-state index contributed by atoms with van der Waals surface area (Å²) in [6.07, 6.45) is -0.100. The van der Waals surface area contributed by atoms with E-state index in [1.54, 1.807) is 12.0 Å². The lowest BCUT2D eigenvalue weighted by Gasteiger charge is -2.23. The van der Waals surface area contributed by atoms with Crippen molar-refractivity contribution in [1.82, 2.24) is 4.90 Å². The number of fused-ring (bicyclic) bond motifs is 1. The van der Waals surface area contributed by atoms with Crippen LogP contribution >= 0.6 is 0 Å². The number of methoxy groups -OCH3 is 1. The zero-order valence-electron chi connectivity index (χ0n) is 10.7. The molecule has 4 nitrogen and oxygen atoms in total. The molecule has 0 N–H and O–H groups in total. The molecule has 0 spiro atoms. The summed E-state index contributed by atoms with van der Waals surface area (Å²) in [5.74, 6) is 0.509. The number of halogens is 1. The lowest BCUT2D eigenvalue weighted by atomic mass is 10.0. The average molecular weight is 265 g/mol. The first-order valence-electron chi connectivity index (χ1n) is 6.37. The molecular weight excluding hydrogens is 249 g/mol. The predicted molar refractivity (Wildman–Crippen MR) is 66.4 cm³/mol. The smallest absolute Gasteiger partial charge is 0.225 e. The first-order valence-corrected chi connectivity index (χ1v) is 6.37. The maximum absolute atomic E-state index is 12.9. The minimum absolute atomic E-state index is 0.0223. The third kappa shape index (κ3) is 1.98. The Morgan fingerprint density at radius 3 is 2.79 bits per heavy atom. The molecule has 0 saturated carbocycles. The Morgan fingerprint density at radius 2 is 2.16 bits per heavy atom. The first-order chi connectivity index (χ1) is 9.24. The Labute approximate surface area is 111 Å². The first kappa shape index (κ1) is 12.4. The van der Waals surface area contributed by atoms with Gasteiger partial charge in [0.1, 0.15) is 5.75 Å². The van der Waals surface area contributed by atoms with Crippen molar-refractivity contribution in [3.63, 3.8) is 0 Å². The minimum atomic E-state index is -0.467. The topological polar surface area (TPSA) is 38.8 Å². The highest BCUT2D eigenvalue weighted by molar-refractivity contribution is 5.80. The SMILES string of the molecule is COc1ccc(C2OCC3C(CF)CC(=O)N23)cc1. The molecule has 2 heterocycles. The van der Waals surface area contributed by atoms with Crippen LogP contribution in [-0.2, 0) is 9.53 Å². The summed E-state index contributed by atoms with van der Waals surface area (Å²) in [5.41, 5.74) is 0.899. The van der Waals surface area contributed by atoms with Crippen LogP contribution in [0.1, 0.15) is 18.2 Å². The fourth-order valence-corrected chi connectivity index (χ4v) is 2.85. The van der Waals surface area contributed by atoms with Gasteiger partial charge in [-0.15, -0.1) is 0 Å². The number of benzene rings is 1. The summed E-state index contributed by atoms with van der Waals surface area (Å²) in [6.45, 7) is -0.0530. The molecule has 19 heavy (non-hydrogen) atoms. The van der Waals surface area contributed by atoms with Crippen molar-refractivity contribution in [3.8, 4) is 5.75 Å². The van der Waals surface area contributed by atoms with Crippen LogP contribution in [0.3, 0.4) is 0 Å². The van der Waals surface area contributed by atoms with Crippen LogP contribution in [0.2, 0.25) is 0 Å². The van der Waals surface area contributed by atoms with Crippen molar-refractivity contribution in [2.45, 2.75) is 18.7 Å². The van der Waals surface area contributed by atoms with E-state index >= 15 is 0 Å². The molecule has 2 aliphatic rings. The third-order valence-corrected chi connectivity index (χ3v) is 3.90. The molecule has 102 valence electrons. The van der Waals surface area contributed by atoms with E-state index in [0.29, 0.717) is 6.61 Å². The van der Waals surface area contributed by atoms with E-state index in [1.165, 1.54) is 0 Å². The fourth-order valence-electron chi connectivity index (χ4n) is 2.85. The van der Waals surface area contributed by atoms with Crippen LogP contribution in [0.5, 0.6) is 5.75 Å². The molecule has 3 rings (SSSR count). The summed E-state index contributed by atoms with van der Waals surface area (Å²) in [5, 5.41) is 0. The number of hydrogen-bond donors (Lipinski definition) is 0. The second kappa shape index (κ2) is 4.81. The predicted octanol–water partition coefficient (Wildman–Crippen LogP) is 1.91. The van der Waals surface area contributed by atoms with Crippen molar-refractivity contribution in [2.75, 3.05) is 20.4 Å². The van der Waals surface area contributed by atoms with Crippen molar-refractivity contribution in [3.05, 3.63) is 29.8 Å². The number of carbonyl (C=O) groups is 1. The molecule has 1 aromatic carbocycles. The number of hydrogen-bond acceptors (Lipinski definition) is 3. The fraction of sp³-hybridized carbons (Fsp3) is 0.500. The molecule has 0 aromatic heterocycles. The summed E-state index contributed by atoms with van der Waals surface area (Å²) in [6, 6.07) is 7.30. The number of alkyl halides is 1. The second-order valence-electron chi connectivity index (χ2n) is 4.95. The van der Waals surface area contributed by atoms with Crippen molar-refractivity contribution in [1.29, 1.82) is 0 Å². The van der Waals surface area contributed by atoms with Crippen LogP contribution in [0.25, 0.3) is 0 Å². The maximum Gasteiger partial charge on any atom is 0.225 e. The van der Waals surface area contributed by atoms with E-state index in [-0.39, 0.29) is 30.5 Å². The standard InChI is InChI=1S/C14H16FNO3/c1-18-11-4-2-9(3-5-11)14-16-12(8-19-14)10(7-15)6-13(16)17/h2-5,10,12,14H,6-8H2,1H3. The monoisotopic (exact) mass is 265 g/mol. The molecule has 2 fully saturated rings. The number of nitrogens with zero attached hydrogens (tertiary/aromatic N) is 1. The quantitative estimate of drug-likeness (QED) is 0.838. The van der Waals surface area contributed by atoms with E-state index in [0.717, 1.165) is 11.3 Å². The van der Waals surface area contributed by atoms with Gasteiger partial charge in [0.25, 0.3) is 0 Å². The lowest BCUT2D eigenvalue weighted by molar-refractivity contribution is -0.134. The Bertz CT molecular complexity index is 476. The molecule has 1 aromatic rings. The molecule has 1 amide bonds. The minimum Gasteiger partial charge on any atom is -0.497 e. The van der Waals surface area contributed by atoms with Gasteiger partial charge in [-0.05, 0) is 12.1 Å². The molecule has 3 unspecified atom stereocenters. The largest absolute Gasteiger partial charge is 0.497 e. The molecule has 2 saturated heterocycles. The van der Waals surface area contributed by atoms with Crippen LogP contribution in [0.4, 0.5) is 4.39 Å². The summed E-state index contributed by atoms with van der Waals surface area (Å²) in [7, 11) is 1.60.